The number of rotatable bonds is 19. The molecule has 0 amide bonds. The van der Waals surface area contributed by atoms with Gasteiger partial charge in [-0.1, -0.05) is 84.0 Å². The molecule has 0 rings (SSSR count). The number of aliphatic hydroxyl groups excluding tert-OH is 4. The number of hydrogen-bond donors (Lipinski definition) is 4. The van der Waals surface area contributed by atoms with E-state index in [1.807, 2.05) is 0 Å². The number of aliphatic hydroxyl groups is 4. The quantitative estimate of drug-likeness (QED) is 0.107. The molecule has 0 aliphatic carbocycles. The fourth-order valence-corrected chi connectivity index (χ4v) is 3.10. The summed E-state index contributed by atoms with van der Waals surface area (Å²) >= 11 is 0. The van der Waals surface area contributed by atoms with Crippen LogP contribution in [0, 0.1) is 0 Å². The molecule has 0 aliphatic rings. The van der Waals surface area contributed by atoms with Gasteiger partial charge in [0.15, 0.2) is 18.0 Å². The zero-order chi connectivity index (χ0) is 21.9. The molecule has 0 saturated heterocycles. The highest BCUT2D eigenvalue weighted by molar-refractivity contribution is 5.96. The number of ketones is 1. The van der Waals surface area contributed by atoms with Crippen LogP contribution in [0.1, 0.15) is 96.8 Å². The van der Waals surface area contributed by atoms with Crippen molar-refractivity contribution in [2.75, 3.05) is 6.61 Å². The topological polar surface area (TPSA) is 124 Å². The second kappa shape index (κ2) is 18.4. The van der Waals surface area contributed by atoms with E-state index in [1.165, 1.54) is 57.8 Å². The van der Waals surface area contributed by atoms with E-state index in [1.54, 1.807) is 0 Å². The molecule has 170 valence electrons. The van der Waals surface area contributed by atoms with Gasteiger partial charge in [-0.25, -0.2) is 0 Å². The van der Waals surface area contributed by atoms with Gasteiger partial charge < -0.3 is 25.2 Å². The number of ether oxygens (including phenoxy) is 1. The van der Waals surface area contributed by atoms with Gasteiger partial charge in [-0.05, 0) is 6.42 Å². The molecule has 0 aromatic rings. The van der Waals surface area contributed by atoms with Crippen molar-refractivity contribution in [3.8, 4) is 0 Å². The van der Waals surface area contributed by atoms with Crippen LogP contribution in [0.4, 0.5) is 0 Å². The molecule has 0 bridgehead atoms. The van der Waals surface area contributed by atoms with Crippen molar-refractivity contribution in [3.63, 3.8) is 0 Å². The molecule has 4 N–H and O–H groups in total. The van der Waals surface area contributed by atoms with E-state index in [4.69, 9.17) is 14.9 Å². The molecule has 0 aromatic carbocycles. The van der Waals surface area contributed by atoms with Gasteiger partial charge in [-0.3, -0.25) is 9.59 Å². The summed E-state index contributed by atoms with van der Waals surface area (Å²) in [6.07, 6.45) is 12.4. The first-order valence-corrected chi connectivity index (χ1v) is 11.0. The van der Waals surface area contributed by atoms with E-state index >= 15 is 0 Å². The Morgan fingerprint density at radius 2 is 1.31 bits per heavy atom. The van der Waals surface area contributed by atoms with Gasteiger partial charge in [0.25, 0.3) is 0 Å². The molecular formula is C22H40O7. The largest absolute Gasteiger partial charge is 0.512 e. The molecular weight excluding hydrogens is 376 g/mol. The molecule has 0 aromatic heterocycles. The monoisotopic (exact) mass is 416 g/mol. The van der Waals surface area contributed by atoms with Crippen LogP contribution in [0.3, 0.4) is 0 Å². The first-order chi connectivity index (χ1) is 14.0. The third-order valence-electron chi connectivity index (χ3n) is 4.94. The Morgan fingerprint density at radius 1 is 0.862 bits per heavy atom. The van der Waals surface area contributed by atoms with Crippen LogP contribution in [-0.2, 0) is 14.3 Å². The van der Waals surface area contributed by atoms with Crippen LogP contribution in [0.5, 0.6) is 0 Å². The lowest BCUT2D eigenvalue weighted by molar-refractivity contribution is -0.161. The second-order valence-electron chi connectivity index (χ2n) is 7.53. The van der Waals surface area contributed by atoms with Crippen LogP contribution in [0.2, 0.25) is 0 Å². The fraction of sp³-hybridized carbons (Fsp3) is 0.818. The van der Waals surface area contributed by atoms with E-state index in [0.29, 0.717) is 6.42 Å². The standard InChI is InChI=1S/C22H40O7/c1-2-3-4-5-6-7-8-9-10-11-12-13-14-15-20(26)29-19(17-24)22(28)21(27)18(25)16-23/h16,19,22-25,28H,2-15,17H2,1H3. The molecule has 29 heavy (non-hydrogen) atoms. The molecule has 7 heteroatoms. The first kappa shape index (κ1) is 27.4. The first-order valence-electron chi connectivity index (χ1n) is 11.0. The molecule has 0 saturated carbocycles. The highest BCUT2D eigenvalue weighted by Crippen LogP contribution is 2.14. The Bertz CT molecular complexity index is 462. The summed E-state index contributed by atoms with van der Waals surface area (Å²) in [6.45, 7) is 1.46. The fourth-order valence-electron chi connectivity index (χ4n) is 3.10. The van der Waals surface area contributed by atoms with Crippen molar-refractivity contribution < 1.29 is 34.8 Å². The summed E-state index contributed by atoms with van der Waals surface area (Å²) in [4.78, 5) is 23.3. The lowest BCUT2D eigenvalue weighted by Crippen LogP contribution is -2.40. The van der Waals surface area contributed by atoms with Gasteiger partial charge in [-0.15, -0.1) is 0 Å². The Balaban J connectivity index is 3.72. The molecule has 2 atom stereocenters. The summed E-state index contributed by atoms with van der Waals surface area (Å²) < 4.78 is 4.90. The lowest BCUT2D eigenvalue weighted by atomic mass is 10.0. The van der Waals surface area contributed by atoms with Gasteiger partial charge >= 0.3 is 5.97 Å². The number of unbranched alkanes of at least 4 members (excludes halogenated alkanes) is 12. The third-order valence-corrected chi connectivity index (χ3v) is 4.94. The van der Waals surface area contributed by atoms with Gasteiger partial charge in [0.05, 0.1) is 6.61 Å². The van der Waals surface area contributed by atoms with Gasteiger partial charge in [0.2, 0.25) is 5.78 Å². The van der Waals surface area contributed by atoms with Crippen molar-refractivity contribution in [3.05, 3.63) is 12.0 Å². The molecule has 7 nitrogen and oxygen atoms in total. The van der Waals surface area contributed by atoms with Crippen molar-refractivity contribution in [1.82, 2.24) is 0 Å². The predicted octanol–water partition coefficient (Wildman–Crippen LogP) is 4.26. The molecule has 0 fully saturated rings. The molecule has 2 unspecified atom stereocenters. The summed E-state index contributed by atoms with van der Waals surface area (Å²) in [5.41, 5.74) is 0. The van der Waals surface area contributed by atoms with Crippen LogP contribution in [0.25, 0.3) is 0 Å². The Morgan fingerprint density at radius 3 is 1.72 bits per heavy atom. The number of carbonyl (C=O) groups excluding carboxylic acids is 2. The van der Waals surface area contributed by atoms with Crippen LogP contribution in [0.15, 0.2) is 12.0 Å². The van der Waals surface area contributed by atoms with Gasteiger partial charge in [0, 0.05) is 6.42 Å². The van der Waals surface area contributed by atoms with Gasteiger partial charge in [0.1, 0.15) is 6.26 Å². The highest BCUT2D eigenvalue weighted by Gasteiger charge is 2.31. The molecule has 0 aliphatic heterocycles. The van der Waals surface area contributed by atoms with Crippen molar-refractivity contribution >= 4 is 11.8 Å². The minimum absolute atomic E-state index is 0.134. The average molecular weight is 417 g/mol. The van der Waals surface area contributed by atoms with Crippen LogP contribution in [-0.4, -0.2) is 51.0 Å². The van der Waals surface area contributed by atoms with Crippen molar-refractivity contribution in [2.45, 2.75) is 109 Å². The van der Waals surface area contributed by atoms with Crippen LogP contribution >= 0.6 is 0 Å². The summed E-state index contributed by atoms with van der Waals surface area (Å²) in [5, 5.41) is 36.5. The van der Waals surface area contributed by atoms with E-state index < -0.39 is 36.3 Å². The average Bonchev–Trinajstić information content (AvgIpc) is 2.73. The van der Waals surface area contributed by atoms with E-state index in [9.17, 15) is 19.8 Å². The van der Waals surface area contributed by atoms with Crippen molar-refractivity contribution in [2.24, 2.45) is 0 Å². The smallest absolute Gasteiger partial charge is 0.306 e. The summed E-state index contributed by atoms with van der Waals surface area (Å²) in [7, 11) is 0. The van der Waals surface area contributed by atoms with E-state index in [0.717, 1.165) is 19.3 Å². The van der Waals surface area contributed by atoms with Crippen molar-refractivity contribution in [1.29, 1.82) is 0 Å². The molecule has 0 radical (unpaired) electrons. The maximum absolute atomic E-state index is 11.8. The zero-order valence-corrected chi connectivity index (χ0v) is 17.9. The maximum Gasteiger partial charge on any atom is 0.306 e. The SMILES string of the molecule is CCCCCCCCCCCCCCCC(=O)OC(CO)C(O)C(=O)C(O)=CO. The number of carbonyl (C=O) groups is 2. The zero-order valence-electron chi connectivity index (χ0n) is 17.9. The Labute approximate surface area is 174 Å². The molecule has 0 heterocycles. The highest BCUT2D eigenvalue weighted by atomic mass is 16.6. The lowest BCUT2D eigenvalue weighted by Gasteiger charge is -2.19. The molecule has 0 spiro atoms. The number of esters is 1. The number of Topliss-reactive ketones (excluding diaryl/α,β-unsaturated/α-hetero) is 1. The number of hydrogen-bond acceptors (Lipinski definition) is 7. The Kier molecular flexibility index (Phi) is 17.4. The van der Waals surface area contributed by atoms with E-state index in [-0.39, 0.29) is 12.7 Å². The minimum atomic E-state index is -1.93. The maximum atomic E-state index is 11.8. The second-order valence-corrected chi connectivity index (χ2v) is 7.53. The Hall–Kier alpha value is -1.60. The van der Waals surface area contributed by atoms with Crippen LogP contribution < -0.4 is 0 Å². The minimum Gasteiger partial charge on any atom is -0.512 e. The third kappa shape index (κ3) is 14.1. The normalized spacial score (nSPS) is 13.8. The van der Waals surface area contributed by atoms with Gasteiger partial charge in [-0.2, -0.15) is 0 Å². The van der Waals surface area contributed by atoms with E-state index in [2.05, 4.69) is 6.92 Å². The summed E-state index contributed by atoms with van der Waals surface area (Å²) in [6, 6.07) is 0. The summed E-state index contributed by atoms with van der Waals surface area (Å²) in [5.74, 6) is -2.91. The predicted molar refractivity (Wildman–Crippen MR) is 112 cm³/mol.